The van der Waals surface area contributed by atoms with Crippen molar-refractivity contribution in [3.63, 3.8) is 0 Å². The summed E-state index contributed by atoms with van der Waals surface area (Å²) in [5, 5.41) is 9.40. The summed E-state index contributed by atoms with van der Waals surface area (Å²) in [6, 6.07) is 14.2. The van der Waals surface area contributed by atoms with Crippen LogP contribution in [0.1, 0.15) is 21.6 Å². The number of methoxy groups -OCH3 is 2. The van der Waals surface area contributed by atoms with Crippen LogP contribution < -0.4 is 15.2 Å². The maximum absolute atomic E-state index is 13.2. The van der Waals surface area contributed by atoms with E-state index in [9.17, 15) is 10.1 Å². The lowest BCUT2D eigenvalue weighted by Gasteiger charge is -2.14. The van der Waals surface area contributed by atoms with E-state index >= 15 is 0 Å². The number of benzene rings is 2. The molecule has 3 rings (SSSR count). The number of nitriles is 1. The minimum Gasteiger partial charge on any atom is -0.497 e. The number of ketones is 1. The smallest absolute Gasteiger partial charge is 0.211 e. The summed E-state index contributed by atoms with van der Waals surface area (Å²) < 4.78 is 13.1. The van der Waals surface area contributed by atoms with Crippen molar-refractivity contribution >= 4 is 27.4 Å². The van der Waals surface area contributed by atoms with E-state index in [0.717, 1.165) is 4.47 Å². The van der Waals surface area contributed by atoms with Crippen LogP contribution in [-0.4, -0.2) is 24.6 Å². The predicted octanol–water partition coefficient (Wildman–Crippen LogP) is 3.94. The second kappa shape index (κ2) is 7.56. The van der Waals surface area contributed by atoms with Gasteiger partial charge in [0, 0.05) is 22.3 Å². The van der Waals surface area contributed by atoms with Crippen LogP contribution >= 0.6 is 15.9 Å². The monoisotopic (exact) mass is 425 g/mol. The number of nitrogens with zero attached hydrogens (tertiary/aromatic N) is 2. The Morgan fingerprint density at radius 1 is 1.15 bits per heavy atom. The van der Waals surface area contributed by atoms with Crippen molar-refractivity contribution < 1.29 is 14.3 Å². The molecule has 0 aliphatic carbocycles. The summed E-state index contributed by atoms with van der Waals surface area (Å²) in [5.41, 5.74) is 7.66. The molecule has 0 aliphatic rings. The molecule has 1 heterocycles. The van der Waals surface area contributed by atoms with Crippen LogP contribution in [0.2, 0.25) is 0 Å². The van der Waals surface area contributed by atoms with Gasteiger partial charge in [0.2, 0.25) is 5.78 Å². The molecular formula is C20H16BrN3O3. The van der Waals surface area contributed by atoms with Crippen molar-refractivity contribution in [2.24, 2.45) is 0 Å². The molecule has 2 N–H and O–H groups in total. The van der Waals surface area contributed by atoms with E-state index in [2.05, 4.69) is 15.9 Å². The maximum atomic E-state index is 13.2. The highest BCUT2D eigenvalue weighted by Crippen LogP contribution is 2.33. The van der Waals surface area contributed by atoms with E-state index in [4.69, 9.17) is 15.2 Å². The molecule has 1 aromatic heterocycles. The molecule has 27 heavy (non-hydrogen) atoms. The van der Waals surface area contributed by atoms with Crippen LogP contribution in [0.25, 0.3) is 5.69 Å². The Hall–Kier alpha value is -3.24. The van der Waals surface area contributed by atoms with E-state index in [1.165, 1.54) is 13.3 Å². The second-order valence-corrected chi connectivity index (χ2v) is 6.58. The highest BCUT2D eigenvalue weighted by molar-refractivity contribution is 9.10. The predicted molar refractivity (Wildman–Crippen MR) is 106 cm³/mol. The van der Waals surface area contributed by atoms with Crippen LogP contribution in [0.4, 0.5) is 5.69 Å². The number of nitrogen functional groups attached to an aromatic ring is 1. The number of nitrogens with two attached hydrogens (primary N) is 1. The molecular weight excluding hydrogens is 410 g/mol. The Bertz CT molecular complexity index is 1050. The molecule has 0 saturated carbocycles. The maximum Gasteiger partial charge on any atom is 0.211 e. The first-order valence-corrected chi connectivity index (χ1v) is 8.73. The lowest BCUT2D eigenvalue weighted by molar-refractivity contribution is 0.103. The number of hydrogen-bond acceptors (Lipinski definition) is 5. The molecule has 0 amide bonds. The third-order valence-corrected chi connectivity index (χ3v) is 4.66. The summed E-state index contributed by atoms with van der Waals surface area (Å²) in [7, 11) is 3.07. The number of hydrogen-bond donors (Lipinski definition) is 1. The van der Waals surface area contributed by atoms with Gasteiger partial charge < -0.3 is 19.8 Å². The second-order valence-electron chi connectivity index (χ2n) is 5.66. The van der Waals surface area contributed by atoms with Crippen molar-refractivity contribution in [1.82, 2.24) is 4.57 Å². The van der Waals surface area contributed by atoms with E-state index in [0.29, 0.717) is 22.7 Å². The molecule has 136 valence electrons. The Morgan fingerprint density at radius 2 is 1.85 bits per heavy atom. The van der Waals surface area contributed by atoms with Gasteiger partial charge in [-0.2, -0.15) is 5.26 Å². The Kier molecular flexibility index (Phi) is 5.19. The van der Waals surface area contributed by atoms with Gasteiger partial charge in [0.15, 0.2) is 0 Å². The van der Waals surface area contributed by atoms with Crippen LogP contribution in [0.15, 0.2) is 53.1 Å². The zero-order valence-electron chi connectivity index (χ0n) is 14.7. The van der Waals surface area contributed by atoms with Crippen molar-refractivity contribution in [2.45, 2.75) is 0 Å². The fraction of sp³-hybridized carbons (Fsp3) is 0.100. The summed E-state index contributed by atoms with van der Waals surface area (Å²) in [6.07, 6.45) is 1.53. The van der Waals surface area contributed by atoms with Gasteiger partial charge in [-0.05, 0) is 36.4 Å². The van der Waals surface area contributed by atoms with E-state index in [1.807, 2.05) is 6.07 Å². The highest BCUT2D eigenvalue weighted by atomic mass is 79.9. The van der Waals surface area contributed by atoms with Gasteiger partial charge in [-0.15, -0.1) is 0 Å². The fourth-order valence-corrected chi connectivity index (χ4v) is 3.02. The van der Waals surface area contributed by atoms with Gasteiger partial charge in [0.1, 0.15) is 23.3 Å². The minimum atomic E-state index is -0.300. The molecule has 0 atom stereocenters. The molecule has 0 unspecified atom stereocenters. The lowest BCUT2D eigenvalue weighted by atomic mass is 10.1. The molecule has 6 nitrogen and oxygen atoms in total. The van der Waals surface area contributed by atoms with Crippen LogP contribution in [0.5, 0.6) is 11.5 Å². The first kappa shape index (κ1) is 18.5. The third kappa shape index (κ3) is 3.39. The first-order valence-electron chi connectivity index (χ1n) is 7.93. The standard InChI is InChI=1S/C20H16BrN3O3/c1-26-15-7-8-17(27-2)16(9-15)24-11-13(10-22)18(23)19(24)20(25)12-3-5-14(21)6-4-12/h3-9,11H,23H2,1-2H3. The molecule has 0 spiro atoms. The van der Waals surface area contributed by atoms with Crippen LogP contribution in [0.3, 0.4) is 0 Å². The van der Waals surface area contributed by atoms with Gasteiger partial charge in [-0.25, -0.2) is 0 Å². The summed E-state index contributed by atoms with van der Waals surface area (Å²) in [5.74, 6) is 0.796. The normalized spacial score (nSPS) is 10.3. The van der Waals surface area contributed by atoms with Gasteiger partial charge >= 0.3 is 0 Å². The number of halogens is 1. The third-order valence-electron chi connectivity index (χ3n) is 4.13. The van der Waals surface area contributed by atoms with Crippen LogP contribution in [0, 0.1) is 11.3 Å². The summed E-state index contributed by atoms with van der Waals surface area (Å²) >= 11 is 3.35. The Labute approximate surface area is 164 Å². The minimum absolute atomic E-state index is 0.121. The Morgan fingerprint density at radius 3 is 2.44 bits per heavy atom. The quantitative estimate of drug-likeness (QED) is 0.625. The fourth-order valence-electron chi connectivity index (χ4n) is 2.75. The lowest BCUT2D eigenvalue weighted by Crippen LogP contribution is -2.11. The molecule has 0 fully saturated rings. The van der Waals surface area contributed by atoms with E-state index in [-0.39, 0.29) is 22.7 Å². The number of carbonyl (C=O) groups excluding carboxylic acids is 1. The van der Waals surface area contributed by atoms with Gasteiger partial charge in [-0.1, -0.05) is 15.9 Å². The highest BCUT2D eigenvalue weighted by Gasteiger charge is 2.24. The molecule has 0 aliphatic heterocycles. The number of rotatable bonds is 5. The number of ether oxygens (including phenoxy) is 2. The molecule has 2 aromatic carbocycles. The Balaban J connectivity index is 2.25. The molecule has 0 saturated heterocycles. The van der Waals surface area contributed by atoms with Gasteiger partial charge in [0.05, 0.1) is 31.2 Å². The first-order chi connectivity index (χ1) is 13.0. The van der Waals surface area contributed by atoms with Crippen molar-refractivity contribution in [1.29, 1.82) is 5.26 Å². The van der Waals surface area contributed by atoms with Crippen LogP contribution in [-0.2, 0) is 0 Å². The molecule has 0 radical (unpaired) electrons. The molecule has 0 bridgehead atoms. The zero-order chi connectivity index (χ0) is 19.6. The van der Waals surface area contributed by atoms with Gasteiger partial charge in [-0.3, -0.25) is 4.79 Å². The molecule has 3 aromatic rings. The zero-order valence-corrected chi connectivity index (χ0v) is 16.3. The average Bonchev–Trinajstić information content (AvgIpc) is 3.03. The summed E-state index contributed by atoms with van der Waals surface area (Å²) in [4.78, 5) is 13.2. The SMILES string of the molecule is COc1ccc(OC)c(-n2cc(C#N)c(N)c2C(=O)c2ccc(Br)cc2)c1. The number of carbonyl (C=O) groups is 1. The van der Waals surface area contributed by atoms with Gasteiger partial charge in [0.25, 0.3) is 0 Å². The molecule has 7 heteroatoms. The van der Waals surface area contributed by atoms with E-state index < -0.39 is 0 Å². The van der Waals surface area contributed by atoms with Crippen molar-refractivity contribution in [2.75, 3.05) is 20.0 Å². The van der Waals surface area contributed by atoms with Crippen molar-refractivity contribution in [3.05, 3.63) is 70.0 Å². The largest absolute Gasteiger partial charge is 0.497 e. The summed E-state index contributed by atoms with van der Waals surface area (Å²) in [6.45, 7) is 0. The number of anilines is 1. The number of aromatic nitrogens is 1. The average molecular weight is 426 g/mol. The van der Waals surface area contributed by atoms with E-state index in [1.54, 1.807) is 54.1 Å². The van der Waals surface area contributed by atoms with Crippen molar-refractivity contribution in [3.8, 4) is 23.3 Å². The topological polar surface area (TPSA) is 90.3 Å².